The van der Waals surface area contributed by atoms with E-state index in [0.717, 1.165) is 48.7 Å². The molecule has 0 saturated carbocycles. The largest absolute Gasteiger partial charge is 0.448 e. The minimum atomic E-state index is -1.98. The van der Waals surface area contributed by atoms with Gasteiger partial charge in [-0.1, -0.05) is 0 Å². The highest BCUT2D eigenvalue weighted by Crippen LogP contribution is 2.31. The molecule has 1 saturated heterocycles. The summed E-state index contributed by atoms with van der Waals surface area (Å²) < 4.78 is 52.5. The molecule has 0 bridgehead atoms. The number of nitrogens with one attached hydrogen (secondary N) is 2. The molecule has 244 valence electrons. The summed E-state index contributed by atoms with van der Waals surface area (Å²) >= 11 is 0. The quantitative estimate of drug-likeness (QED) is 0.245. The zero-order chi connectivity index (χ0) is 33.0. The van der Waals surface area contributed by atoms with Gasteiger partial charge in [0, 0.05) is 71.9 Å². The molecule has 4 aromatic rings. The van der Waals surface area contributed by atoms with Gasteiger partial charge in [0.25, 0.3) is 5.91 Å². The van der Waals surface area contributed by atoms with Gasteiger partial charge in [-0.15, -0.1) is 5.10 Å². The van der Waals surface area contributed by atoms with Crippen molar-refractivity contribution in [3.8, 4) is 0 Å². The highest BCUT2D eigenvalue weighted by atomic mass is 32.2. The zero-order valence-electron chi connectivity index (χ0n) is 26.0. The van der Waals surface area contributed by atoms with Gasteiger partial charge in [0.15, 0.2) is 5.82 Å². The Morgan fingerprint density at radius 2 is 1.72 bits per heavy atom. The molecule has 14 heteroatoms. The second-order valence-corrected chi connectivity index (χ2v) is 12.5. The van der Waals surface area contributed by atoms with E-state index < -0.39 is 34.4 Å². The Bertz CT molecular complexity index is 1760. The molecule has 3 aromatic carbocycles. The van der Waals surface area contributed by atoms with Crippen LogP contribution >= 0.6 is 0 Å². The molecule has 0 spiro atoms. The maximum atomic E-state index is 13.9. The number of carbonyl (C=O) groups excluding carboxylic acids is 2. The smallest absolute Gasteiger partial charge is 0.435 e. The van der Waals surface area contributed by atoms with E-state index in [1.54, 1.807) is 20.1 Å². The standard InChI is InChI=1S/C32H36F2N6O5S/c1-5-45-32(42)40-29-9-7-24(46(43)25-15-21(33)14-22(34)16-25)18-27(29)30(37-40)36-31(41)26-8-6-23(39-12-10-38(3)11-13-39)17-28(26)35-20(2)19-44-4/h6-9,14-18,20,35H,5,10-13,19H2,1-4H3,(H,36,37,41). The van der Waals surface area contributed by atoms with E-state index in [0.29, 0.717) is 23.9 Å². The number of halogens is 2. The molecule has 2 unspecified atom stereocenters. The first-order chi connectivity index (χ1) is 22.1. The van der Waals surface area contributed by atoms with Crippen LogP contribution in [0.3, 0.4) is 0 Å². The van der Waals surface area contributed by atoms with Crippen molar-refractivity contribution in [2.24, 2.45) is 0 Å². The second-order valence-electron chi connectivity index (χ2n) is 11.0. The Morgan fingerprint density at radius 1 is 1.00 bits per heavy atom. The SMILES string of the molecule is CCOC(=O)n1nc(NC(=O)c2ccc(N3CCN(C)CC3)cc2NC(C)COC)c2cc(S(=O)c3cc(F)cc(F)c3)ccc21. The van der Waals surface area contributed by atoms with Crippen LogP contribution in [0.5, 0.6) is 0 Å². The minimum absolute atomic E-state index is 0.0105. The zero-order valence-corrected chi connectivity index (χ0v) is 26.8. The van der Waals surface area contributed by atoms with E-state index in [4.69, 9.17) is 9.47 Å². The number of piperazine rings is 1. The third-order valence-corrected chi connectivity index (χ3v) is 8.87. The van der Waals surface area contributed by atoms with Gasteiger partial charge in [-0.2, -0.15) is 4.68 Å². The number of fused-ring (bicyclic) bond motifs is 1. The van der Waals surface area contributed by atoms with Crippen LogP contribution in [0.2, 0.25) is 0 Å². The summed E-state index contributed by atoms with van der Waals surface area (Å²) in [4.78, 5) is 31.3. The van der Waals surface area contributed by atoms with Gasteiger partial charge in [0.05, 0.1) is 35.1 Å². The van der Waals surface area contributed by atoms with E-state index in [2.05, 4.69) is 32.6 Å². The van der Waals surface area contributed by atoms with Crippen molar-refractivity contribution in [1.29, 1.82) is 0 Å². The minimum Gasteiger partial charge on any atom is -0.448 e. The summed E-state index contributed by atoms with van der Waals surface area (Å²) in [7, 11) is 1.70. The lowest BCUT2D eigenvalue weighted by molar-refractivity contribution is 0.102. The van der Waals surface area contributed by atoms with Crippen molar-refractivity contribution in [1.82, 2.24) is 14.7 Å². The molecule has 1 aromatic heterocycles. The van der Waals surface area contributed by atoms with Crippen LogP contribution in [-0.4, -0.2) is 90.5 Å². The molecule has 2 heterocycles. The van der Waals surface area contributed by atoms with Gasteiger partial charge >= 0.3 is 6.09 Å². The average Bonchev–Trinajstić information content (AvgIpc) is 3.38. The third-order valence-electron chi connectivity index (χ3n) is 7.52. The summed E-state index contributed by atoms with van der Waals surface area (Å²) in [5, 5.41) is 10.8. The lowest BCUT2D eigenvalue weighted by atomic mass is 10.1. The number of likely N-dealkylation sites (N-methyl/N-ethyl adjacent to an activating group) is 1. The molecule has 5 rings (SSSR count). The summed E-state index contributed by atoms with van der Waals surface area (Å²) in [6.07, 6.45) is -0.777. The van der Waals surface area contributed by atoms with E-state index in [1.165, 1.54) is 18.2 Å². The van der Waals surface area contributed by atoms with Crippen LogP contribution in [0.4, 0.5) is 30.8 Å². The molecule has 1 amide bonds. The molecule has 46 heavy (non-hydrogen) atoms. The highest BCUT2D eigenvalue weighted by Gasteiger charge is 2.23. The van der Waals surface area contributed by atoms with Gasteiger partial charge in [-0.3, -0.25) is 4.79 Å². The molecular weight excluding hydrogens is 618 g/mol. The number of hydrogen-bond acceptors (Lipinski definition) is 9. The Morgan fingerprint density at radius 3 is 2.39 bits per heavy atom. The molecular formula is C32H36F2N6O5S. The highest BCUT2D eigenvalue weighted by molar-refractivity contribution is 7.85. The number of hydrogen-bond donors (Lipinski definition) is 2. The number of ether oxygens (including phenoxy) is 2. The number of anilines is 3. The van der Waals surface area contributed by atoms with Gasteiger partial charge < -0.3 is 29.9 Å². The second kappa shape index (κ2) is 14.4. The maximum Gasteiger partial charge on any atom is 0.435 e. The van der Waals surface area contributed by atoms with Crippen molar-refractivity contribution in [3.63, 3.8) is 0 Å². The number of amides is 1. The lowest BCUT2D eigenvalue weighted by Crippen LogP contribution is -2.44. The van der Waals surface area contributed by atoms with Crippen molar-refractivity contribution in [2.75, 3.05) is 69.1 Å². The lowest BCUT2D eigenvalue weighted by Gasteiger charge is -2.34. The first-order valence-electron chi connectivity index (χ1n) is 14.8. The van der Waals surface area contributed by atoms with Crippen LogP contribution in [0.1, 0.15) is 24.2 Å². The normalized spacial score (nSPS) is 15.0. The summed E-state index contributed by atoms with van der Waals surface area (Å²) in [5.41, 5.74) is 2.16. The number of carbonyl (C=O) groups is 2. The van der Waals surface area contributed by atoms with E-state index in [9.17, 15) is 22.6 Å². The van der Waals surface area contributed by atoms with Gasteiger partial charge in [-0.25, -0.2) is 17.8 Å². The summed E-state index contributed by atoms with van der Waals surface area (Å²) in [6, 6.07) is 12.5. The monoisotopic (exact) mass is 654 g/mol. The van der Waals surface area contributed by atoms with Crippen molar-refractivity contribution >= 4 is 50.9 Å². The number of nitrogens with zero attached hydrogens (tertiary/aromatic N) is 4. The third kappa shape index (κ3) is 7.35. The molecule has 2 atom stereocenters. The molecule has 0 radical (unpaired) electrons. The first kappa shape index (κ1) is 33.0. The number of benzene rings is 3. The fourth-order valence-electron chi connectivity index (χ4n) is 5.24. The Kier molecular flexibility index (Phi) is 10.3. The Balaban J connectivity index is 1.52. The molecule has 0 aliphatic carbocycles. The van der Waals surface area contributed by atoms with Gasteiger partial charge in [-0.05, 0) is 69.4 Å². The van der Waals surface area contributed by atoms with Crippen molar-refractivity contribution in [3.05, 3.63) is 71.8 Å². The van der Waals surface area contributed by atoms with Crippen LogP contribution in [-0.2, 0) is 20.3 Å². The predicted molar refractivity (Wildman–Crippen MR) is 172 cm³/mol. The van der Waals surface area contributed by atoms with Crippen LogP contribution in [0, 0.1) is 11.6 Å². The van der Waals surface area contributed by atoms with Gasteiger partial charge in [0.1, 0.15) is 11.6 Å². The fraction of sp³-hybridized carbons (Fsp3) is 0.344. The van der Waals surface area contributed by atoms with E-state index >= 15 is 0 Å². The molecule has 1 aliphatic rings. The van der Waals surface area contributed by atoms with Crippen molar-refractivity contribution < 1.29 is 32.1 Å². The van der Waals surface area contributed by atoms with Crippen molar-refractivity contribution in [2.45, 2.75) is 29.7 Å². The van der Waals surface area contributed by atoms with E-state index in [-0.39, 0.29) is 39.2 Å². The first-order valence-corrected chi connectivity index (χ1v) is 15.9. The van der Waals surface area contributed by atoms with Crippen LogP contribution in [0.25, 0.3) is 10.9 Å². The van der Waals surface area contributed by atoms with Crippen LogP contribution in [0.15, 0.2) is 64.4 Å². The summed E-state index contributed by atoms with van der Waals surface area (Å²) in [6.45, 7) is 7.61. The predicted octanol–water partition coefficient (Wildman–Crippen LogP) is 4.94. The van der Waals surface area contributed by atoms with E-state index in [1.807, 2.05) is 19.1 Å². The maximum absolute atomic E-state index is 13.9. The molecule has 2 N–H and O–H groups in total. The molecule has 1 fully saturated rings. The van der Waals surface area contributed by atoms with Gasteiger partial charge in [0.2, 0.25) is 0 Å². The fourth-order valence-corrected chi connectivity index (χ4v) is 6.37. The number of methoxy groups -OCH3 is 1. The summed E-state index contributed by atoms with van der Waals surface area (Å²) in [5.74, 6) is -2.23. The average molecular weight is 655 g/mol. The molecule has 11 nitrogen and oxygen atoms in total. The Labute approximate surface area is 267 Å². The molecule has 1 aliphatic heterocycles. The van der Waals surface area contributed by atoms with Crippen LogP contribution < -0.4 is 15.5 Å². The topological polar surface area (TPSA) is 118 Å². The number of rotatable bonds is 10. The number of aromatic nitrogens is 2. The Hall–Kier alpha value is -4.40.